The van der Waals surface area contributed by atoms with Crippen molar-refractivity contribution in [2.75, 3.05) is 13.1 Å². The summed E-state index contributed by atoms with van der Waals surface area (Å²) in [4.78, 5) is 37.3. The molecule has 1 aliphatic heterocycles. The van der Waals surface area contributed by atoms with E-state index in [0.29, 0.717) is 19.4 Å². The largest absolute Gasteiger partial charge is 0.481 e. The van der Waals surface area contributed by atoms with Gasteiger partial charge in [0.05, 0.1) is 12.5 Å². The molecular weight excluding hydrogens is 322 g/mol. The predicted molar refractivity (Wildman–Crippen MR) is 90.3 cm³/mol. The molecule has 7 heteroatoms. The van der Waals surface area contributed by atoms with E-state index >= 15 is 0 Å². The van der Waals surface area contributed by atoms with Crippen LogP contribution in [0.2, 0.25) is 0 Å². The van der Waals surface area contributed by atoms with Gasteiger partial charge in [0.25, 0.3) is 11.5 Å². The number of rotatable bonds is 4. The van der Waals surface area contributed by atoms with Crippen molar-refractivity contribution in [2.45, 2.75) is 19.4 Å². The minimum Gasteiger partial charge on any atom is -0.481 e. The third-order valence-electron chi connectivity index (χ3n) is 4.32. The van der Waals surface area contributed by atoms with Crippen LogP contribution >= 0.6 is 0 Å². The maximum atomic E-state index is 12.6. The highest BCUT2D eigenvalue weighted by atomic mass is 16.4. The zero-order chi connectivity index (χ0) is 17.8. The molecule has 1 saturated heterocycles. The van der Waals surface area contributed by atoms with Crippen LogP contribution in [0, 0.1) is 5.92 Å². The van der Waals surface area contributed by atoms with Gasteiger partial charge in [-0.15, -0.1) is 0 Å². The third kappa shape index (κ3) is 3.93. The Kier molecular flexibility index (Phi) is 4.92. The molecule has 25 heavy (non-hydrogen) atoms. The predicted octanol–water partition coefficient (Wildman–Crippen LogP) is 1.23. The van der Waals surface area contributed by atoms with Crippen molar-refractivity contribution in [3.05, 3.63) is 64.1 Å². The lowest BCUT2D eigenvalue weighted by Gasteiger charge is -2.30. The van der Waals surface area contributed by atoms with Gasteiger partial charge in [-0.25, -0.2) is 4.68 Å². The molecule has 0 saturated carbocycles. The lowest BCUT2D eigenvalue weighted by atomic mass is 9.98. The number of nitrogens with zero attached hydrogens (tertiary/aromatic N) is 3. The van der Waals surface area contributed by atoms with E-state index in [2.05, 4.69) is 5.10 Å². The molecule has 1 fully saturated rings. The van der Waals surface area contributed by atoms with Crippen LogP contribution in [0.1, 0.15) is 28.9 Å². The summed E-state index contributed by atoms with van der Waals surface area (Å²) in [7, 11) is 0. The number of piperidine rings is 1. The Labute approximate surface area is 144 Å². The highest BCUT2D eigenvalue weighted by Crippen LogP contribution is 2.18. The molecule has 0 bridgehead atoms. The van der Waals surface area contributed by atoms with Gasteiger partial charge in [0.2, 0.25) is 0 Å². The summed E-state index contributed by atoms with van der Waals surface area (Å²) in [5.74, 6) is -1.78. The summed E-state index contributed by atoms with van der Waals surface area (Å²) < 4.78 is 1.25. The fraction of sp³-hybridized carbons (Fsp3) is 0.333. The molecule has 1 aromatic carbocycles. The Morgan fingerprint density at radius 1 is 1.16 bits per heavy atom. The van der Waals surface area contributed by atoms with Crippen molar-refractivity contribution in [1.29, 1.82) is 0 Å². The summed E-state index contributed by atoms with van der Waals surface area (Å²) in [6.07, 6.45) is 1.21. The first-order valence-corrected chi connectivity index (χ1v) is 8.19. The number of amides is 1. The van der Waals surface area contributed by atoms with E-state index in [1.54, 1.807) is 0 Å². The maximum absolute atomic E-state index is 12.6. The van der Waals surface area contributed by atoms with Gasteiger partial charge in [0, 0.05) is 19.2 Å². The number of aliphatic carboxylic acids is 1. The average Bonchev–Trinajstić information content (AvgIpc) is 2.64. The van der Waals surface area contributed by atoms with Crippen LogP contribution in [0.15, 0.2) is 47.3 Å². The summed E-state index contributed by atoms with van der Waals surface area (Å²) >= 11 is 0. The molecule has 130 valence electrons. The van der Waals surface area contributed by atoms with Gasteiger partial charge in [-0.05, 0) is 24.5 Å². The van der Waals surface area contributed by atoms with Gasteiger partial charge >= 0.3 is 5.97 Å². The van der Waals surface area contributed by atoms with Crippen molar-refractivity contribution in [3.63, 3.8) is 0 Å². The van der Waals surface area contributed by atoms with Crippen LogP contribution in [0.25, 0.3) is 0 Å². The quantitative estimate of drug-likeness (QED) is 0.903. The highest BCUT2D eigenvalue weighted by molar-refractivity contribution is 5.92. The number of hydrogen-bond acceptors (Lipinski definition) is 4. The lowest BCUT2D eigenvalue weighted by molar-refractivity contribution is -0.143. The summed E-state index contributed by atoms with van der Waals surface area (Å²) in [5.41, 5.74) is 0.773. The fourth-order valence-corrected chi connectivity index (χ4v) is 2.96. The minimum atomic E-state index is -0.889. The molecule has 3 rings (SSSR count). The lowest BCUT2D eigenvalue weighted by Crippen LogP contribution is -2.43. The second-order valence-corrected chi connectivity index (χ2v) is 6.13. The van der Waals surface area contributed by atoms with E-state index in [1.165, 1.54) is 21.7 Å². The average molecular weight is 341 g/mol. The Morgan fingerprint density at radius 3 is 2.64 bits per heavy atom. The smallest absolute Gasteiger partial charge is 0.308 e. The number of carboxylic acid groups (broad SMARTS) is 1. The van der Waals surface area contributed by atoms with Crippen molar-refractivity contribution >= 4 is 11.9 Å². The van der Waals surface area contributed by atoms with E-state index in [-0.39, 0.29) is 30.2 Å². The Hall–Kier alpha value is -2.96. The van der Waals surface area contributed by atoms with Gasteiger partial charge in [0.1, 0.15) is 5.69 Å². The number of hydrogen-bond donors (Lipinski definition) is 1. The van der Waals surface area contributed by atoms with Crippen LogP contribution in [-0.4, -0.2) is 44.8 Å². The number of carbonyl (C=O) groups excluding carboxylic acids is 1. The molecule has 1 atom stereocenters. The Balaban J connectivity index is 1.80. The van der Waals surface area contributed by atoms with Gasteiger partial charge in [-0.1, -0.05) is 30.3 Å². The SMILES string of the molecule is O=C(O)[C@@H]1CCCN(C(=O)c2ccc(=O)n(Cc3ccccc3)n2)C1. The highest BCUT2D eigenvalue weighted by Gasteiger charge is 2.29. The monoisotopic (exact) mass is 341 g/mol. The van der Waals surface area contributed by atoms with E-state index in [1.807, 2.05) is 30.3 Å². The molecule has 1 aromatic heterocycles. The van der Waals surface area contributed by atoms with Crippen molar-refractivity contribution in [2.24, 2.45) is 5.92 Å². The van der Waals surface area contributed by atoms with Crippen LogP contribution in [0.3, 0.4) is 0 Å². The maximum Gasteiger partial charge on any atom is 0.308 e. The summed E-state index contributed by atoms with van der Waals surface area (Å²) in [6.45, 7) is 0.953. The van der Waals surface area contributed by atoms with Crippen molar-refractivity contribution < 1.29 is 14.7 Å². The summed E-state index contributed by atoms with van der Waals surface area (Å²) in [6, 6.07) is 12.1. The fourth-order valence-electron chi connectivity index (χ4n) is 2.96. The van der Waals surface area contributed by atoms with Crippen LogP contribution in [0.5, 0.6) is 0 Å². The van der Waals surface area contributed by atoms with Gasteiger partial charge in [-0.3, -0.25) is 14.4 Å². The number of benzene rings is 1. The van der Waals surface area contributed by atoms with Crippen LogP contribution < -0.4 is 5.56 Å². The van der Waals surface area contributed by atoms with Crippen molar-refractivity contribution in [1.82, 2.24) is 14.7 Å². The second-order valence-electron chi connectivity index (χ2n) is 6.13. The van der Waals surface area contributed by atoms with E-state index in [4.69, 9.17) is 5.11 Å². The summed E-state index contributed by atoms with van der Waals surface area (Å²) in [5, 5.41) is 13.3. The van der Waals surface area contributed by atoms with Crippen molar-refractivity contribution in [3.8, 4) is 0 Å². The molecule has 7 nitrogen and oxygen atoms in total. The first-order valence-electron chi connectivity index (χ1n) is 8.19. The molecular formula is C18H19N3O4. The Bertz CT molecular complexity index is 832. The van der Waals surface area contributed by atoms with E-state index in [0.717, 1.165) is 5.56 Å². The zero-order valence-electron chi connectivity index (χ0n) is 13.7. The molecule has 0 radical (unpaired) electrons. The number of carboxylic acids is 1. The Morgan fingerprint density at radius 2 is 1.92 bits per heavy atom. The molecule has 1 amide bonds. The molecule has 2 aromatic rings. The first kappa shape index (κ1) is 16.9. The molecule has 1 aliphatic rings. The van der Waals surface area contributed by atoms with E-state index in [9.17, 15) is 14.4 Å². The molecule has 0 spiro atoms. The topological polar surface area (TPSA) is 92.5 Å². The van der Waals surface area contributed by atoms with Gasteiger partial charge in [0.15, 0.2) is 0 Å². The molecule has 0 unspecified atom stereocenters. The molecule has 0 aliphatic carbocycles. The number of likely N-dealkylation sites (tertiary alicyclic amines) is 1. The normalized spacial score (nSPS) is 17.3. The number of aromatic nitrogens is 2. The van der Waals surface area contributed by atoms with Gasteiger partial charge in [-0.2, -0.15) is 5.10 Å². The molecule has 1 N–H and O–H groups in total. The van der Waals surface area contributed by atoms with Crippen LogP contribution in [-0.2, 0) is 11.3 Å². The minimum absolute atomic E-state index is 0.154. The zero-order valence-corrected chi connectivity index (χ0v) is 13.7. The number of carbonyl (C=O) groups is 2. The standard InChI is InChI=1S/C18H19N3O4/c22-16-9-8-15(19-21(16)11-13-5-2-1-3-6-13)17(23)20-10-4-7-14(12-20)18(24)25/h1-3,5-6,8-9,14H,4,7,10-12H2,(H,24,25)/t14-/m1/s1. The first-order chi connectivity index (χ1) is 12.0. The van der Waals surface area contributed by atoms with E-state index < -0.39 is 11.9 Å². The van der Waals surface area contributed by atoms with Gasteiger partial charge < -0.3 is 10.0 Å². The third-order valence-corrected chi connectivity index (χ3v) is 4.32. The second kappa shape index (κ2) is 7.29. The van der Waals surface area contributed by atoms with Crippen LogP contribution in [0.4, 0.5) is 0 Å². The molecule has 2 heterocycles.